The van der Waals surface area contributed by atoms with Crippen LogP contribution in [0.15, 0.2) is 36.4 Å². The van der Waals surface area contributed by atoms with Crippen molar-refractivity contribution in [3.63, 3.8) is 0 Å². The van der Waals surface area contributed by atoms with E-state index in [0.717, 1.165) is 99.8 Å². The lowest BCUT2D eigenvalue weighted by Crippen LogP contribution is -2.63. The van der Waals surface area contributed by atoms with E-state index in [-0.39, 0.29) is 96.0 Å². The number of carbonyl (C=O) groups is 12. The van der Waals surface area contributed by atoms with E-state index in [4.69, 9.17) is 114 Å². The summed E-state index contributed by atoms with van der Waals surface area (Å²) in [6.07, 6.45) is -21.1. The van der Waals surface area contributed by atoms with E-state index in [1.54, 1.807) is 39.0 Å². The smallest absolute Gasteiger partial charge is 0.303 e. The van der Waals surface area contributed by atoms with Gasteiger partial charge >= 0.3 is 71.6 Å². The molecule has 7 rings (SSSR count). The predicted molar refractivity (Wildman–Crippen MR) is 371 cm³/mol. The summed E-state index contributed by atoms with van der Waals surface area (Å²) in [5, 5.41) is 0. The number of benzene rings is 3. The van der Waals surface area contributed by atoms with Gasteiger partial charge in [-0.2, -0.15) is 0 Å². The summed E-state index contributed by atoms with van der Waals surface area (Å²) in [6, 6.07) is 10.9. The number of esters is 12. The van der Waals surface area contributed by atoms with E-state index in [2.05, 4.69) is 0 Å². The zero-order valence-corrected chi connectivity index (χ0v) is 64.4. The first kappa shape index (κ1) is 88.1. The minimum absolute atomic E-state index is 0.166. The molecule has 0 aromatic heterocycles. The van der Waals surface area contributed by atoms with E-state index in [9.17, 15) is 57.5 Å². The molecule has 3 heterocycles. The average Bonchev–Trinajstić information content (AvgIpc) is 1.78. The van der Waals surface area contributed by atoms with E-state index in [0.29, 0.717) is 33.9 Å². The minimum atomic E-state index is -1.52. The van der Waals surface area contributed by atoms with Crippen LogP contribution in [0.1, 0.15) is 137 Å². The molecule has 3 aromatic rings. The molecule has 0 spiro atoms. The van der Waals surface area contributed by atoms with Crippen molar-refractivity contribution in [1.29, 1.82) is 0 Å². The van der Waals surface area contributed by atoms with Gasteiger partial charge in [0.15, 0.2) is 108 Å². The fourth-order valence-electron chi connectivity index (χ4n) is 12.6. The van der Waals surface area contributed by atoms with Crippen LogP contribution in [0.5, 0.6) is 34.5 Å². The van der Waals surface area contributed by atoms with Crippen LogP contribution in [-0.2, 0) is 162 Å². The lowest BCUT2D eigenvalue weighted by Gasteiger charge is -2.44. The maximum atomic E-state index is 12.6. The summed E-state index contributed by atoms with van der Waals surface area (Å²) in [6.45, 7) is 16.1. The van der Waals surface area contributed by atoms with Crippen LogP contribution in [0.2, 0.25) is 0 Å². The largest absolute Gasteiger partial charge is 0.490 e. The zero-order valence-electron chi connectivity index (χ0n) is 64.4. The highest BCUT2D eigenvalue weighted by atomic mass is 16.8. The van der Waals surface area contributed by atoms with Crippen molar-refractivity contribution < 1.29 is 171 Å². The summed E-state index contributed by atoms with van der Waals surface area (Å²) < 4.78 is 141. The van der Waals surface area contributed by atoms with Gasteiger partial charge in [0.1, 0.15) is 58.0 Å². The van der Waals surface area contributed by atoms with Gasteiger partial charge in [0.2, 0.25) is 0 Å². The number of carbonyl (C=O) groups excluding carboxylic acids is 12. The third-order valence-electron chi connectivity index (χ3n) is 16.6. The molecule has 3 aromatic carbocycles. The normalized spacial score (nSPS) is 23.8. The van der Waals surface area contributed by atoms with E-state index >= 15 is 0 Å². The van der Waals surface area contributed by atoms with Gasteiger partial charge < -0.3 is 114 Å². The second-order valence-electron chi connectivity index (χ2n) is 25.4. The first-order valence-corrected chi connectivity index (χ1v) is 35.8. The van der Waals surface area contributed by atoms with Gasteiger partial charge in [-0.05, 0) is 110 Å². The lowest BCUT2D eigenvalue weighted by molar-refractivity contribution is -0.308. The predicted octanol–water partition coefficient (Wildman–Crippen LogP) is 4.40. The quantitative estimate of drug-likeness (QED) is 0.0346. The number of hydrogen-bond acceptors (Lipinski definition) is 36. The van der Waals surface area contributed by atoms with Gasteiger partial charge in [-0.1, -0.05) is 0 Å². The van der Waals surface area contributed by atoms with Crippen LogP contribution in [0.25, 0.3) is 0 Å². The van der Waals surface area contributed by atoms with Crippen molar-refractivity contribution in [3.8, 4) is 34.5 Å². The molecule has 36 heteroatoms. The molecule has 111 heavy (non-hydrogen) atoms. The molecule has 4 aliphatic rings. The zero-order chi connectivity index (χ0) is 81.3. The van der Waals surface area contributed by atoms with Gasteiger partial charge in [0.25, 0.3) is 0 Å². The van der Waals surface area contributed by atoms with Crippen molar-refractivity contribution >= 4 is 71.6 Å². The Hall–Kier alpha value is -10.1. The Bertz CT molecular complexity index is 3400. The Morgan fingerprint density at radius 3 is 0.640 bits per heavy atom. The first-order chi connectivity index (χ1) is 52.7. The van der Waals surface area contributed by atoms with Crippen molar-refractivity contribution in [1.82, 2.24) is 0 Å². The van der Waals surface area contributed by atoms with Crippen LogP contribution in [-0.4, -0.2) is 243 Å². The van der Waals surface area contributed by atoms with Gasteiger partial charge in [-0.15, -0.1) is 0 Å². The highest BCUT2D eigenvalue weighted by molar-refractivity contribution is 5.72. The highest BCUT2D eigenvalue weighted by Gasteiger charge is 2.56. The number of fused-ring (bicyclic) bond motifs is 3. The Morgan fingerprint density at radius 2 is 0.450 bits per heavy atom. The van der Waals surface area contributed by atoms with Crippen LogP contribution in [0, 0.1) is 0 Å². The van der Waals surface area contributed by atoms with Gasteiger partial charge in [0, 0.05) is 83.1 Å². The summed E-state index contributed by atoms with van der Waals surface area (Å²) >= 11 is 0. The molecule has 0 saturated carbocycles. The standard InChI is InChI=1S/C75H96O36/c1-16-88-55-28-49-25-53-32-59(92-20-23-95-74-71(107-47(14)86)68(104-44(11)83)65(101-41(8)80)62(110-74)35-98-38(5)77)57(90-18-3)30-51(53)27-54-33-60(93-21-24-96-75-72(108-48(15)87)69(105-45(12)84)66(102-42(9)81)63(111-75)36-99-39(6)78)56(89-17-2)29-50(54)26-52(49)31-58(55)91-19-22-94-73-70(106-46(13)85)67(103-43(10)82)64(100-40(7)79)61(109-73)34-97-37(4)76/h28-33,61-75H,16-27,34-36H2,1-15H3/t61-,62-,63-,64-,65-,66-,67+,68+,69+,70-,71-,72-,73-,74-,75-/m1/s1. The summed E-state index contributed by atoms with van der Waals surface area (Å²) in [4.78, 5) is 149. The van der Waals surface area contributed by atoms with Crippen molar-refractivity contribution in [2.75, 3.05) is 79.3 Å². The minimum Gasteiger partial charge on any atom is -0.490 e. The molecular formula is C75H96O36. The molecule has 0 N–H and O–H groups in total. The van der Waals surface area contributed by atoms with Gasteiger partial charge in [-0.3, -0.25) is 57.5 Å². The summed E-state index contributed by atoms with van der Waals surface area (Å²) in [7, 11) is 0. The third kappa shape index (κ3) is 26.3. The SMILES string of the molecule is CCOc1cc2c(cc1OCCO[C@@H]1O[C@H](COC(C)=O)[C@@H](OC(C)=O)[C@H](OC(C)=O)[C@H]1OC(C)=O)Cc1cc(OCC)c(OCCO[C@@H]3O[C@H](COC(C)=O)[C@@H](OC(C)=O)[C@H](OC(C)=O)[C@H]3OC(C)=O)cc1Cc1cc(OCC)c(OCCO[C@@H]3O[C@H](COC(C)=O)[C@@H](OC(C)=O)[C@H](OC(C)=O)[C@H]3OC(C)=O)cc1C2. The Labute approximate surface area is 639 Å². The van der Waals surface area contributed by atoms with Gasteiger partial charge in [-0.25, -0.2) is 0 Å². The monoisotopic (exact) mass is 1570 g/mol. The molecule has 0 radical (unpaired) electrons. The topological polar surface area (TPSA) is 426 Å². The molecule has 3 aliphatic heterocycles. The second kappa shape index (κ2) is 42.3. The van der Waals surface area contributed by atoms with Crippen LogP contribution in [0.3, 0.4) is 0 Å². The van der Waals surface area contributed by atoms with Crippen molar-refractivity contribution in [2.24, 2.45) is 0 Å². The Balaban J connectivity index is 1.27. The van der Waals surface area contributed by atoms with E-state index in [1.807, 2.05) is 18.2 Å². The fourth-order valence-corrected chi connectivity index (χ4v) is 12.6. The fraction of sp³-hybridized carbons (Fsp3) is 0.600. The third-order valence-corrected chi connectivity index (χ3v) is 16.6. The lowest BCUT2D eigenvalue weighted by atomic mass is 9.94. The average molecular weight is 1570 g/mol. The van der Waals surface area contributed by atoms with Crippen LogP contribution >= 0.6 is 0 Å². The maximum Gasteiger partial charge on any atom is 0.303 e. The molecule has 0 bridgehead atoms. The first-order valence-electron chi connectivity index (χ1n) is 35.8. The molecule has 612 valence electrons. The molecule has 0 amide bonds. The summed E-state index contributed by atoms with van der Waals surface area (Å²) in [5.41, 5.74) is 4.38. The van der Waals surface area contributed by atoms with E-state index in [1.165, 1.54) is 0 Å². The van der Waals surface area contributed by atoms with E-state index < -0.39 is 184 Å². The second-order valence-corrected chi connectivity index (χ2v) is 25.4. The molecule has 36 nitrogen and oxygen atoms in total. The van der Waals surface area contributed by atoms with Gasteiger partial charge in [0.05, 0.1) is 39.6 Å². The Morgan fingerprint density at radius 1 is 0.261 bits per heavy atom. The number of hydrogen-bond donors (Lipinski definition) is 0. The van der Waals surface area contributed by atoms with Crippen LogP contribution in [0.4, 0.5) is 0 Å². The van der Waals surface area contributed by atoms with Crippen LogP contribution < -0.4 is 28.4 Å². The number of ether oxygens (including phenoxy) is 24. The Kier molecular flexibility index (Phi) is 33.6. The molecule has 3 fully saturated rings. The molecule has 3 saturated heterocycles. The highest BCUT2D eigenvalue weighted by Crippen LogP contribution is 2.43. The van der Waals surface area contributed by atoms with Crippen molar-refractivity contribution in [3.05, 3.63) is 69.8 Å². The molecule has 1 aliphatic carbocycles. The maximum absolute atomic E-state index is 12.6. The summed E-state index contributed by atoms with van der Waals surface area (Å²) in [5.74, 6) is -7.96. The van der Waals surface area contributed by atoms with Crippen molar-refractivity contribution in [2.45, 2.75) is 215 Å². The molecular weight excluding hydrogens is 1480 g/mol. The molecule has 15 atom stereocenters. The number of rotatable bonds is 36. The molecule has 0 unspecified atom stereocenters.